The van der Waals surface area contributed by atoms with Crippen LogP contribution in [-0.2, 0) is 0 Å². The number of rotatable bonds is 5. The molecule has 10 heteroatoms. The smallest absolute Gasteiger partial charge is 0.387 e. The van der Waals surface area contributed by atoms with Crippen LogP contribution in [0.1, 0.15) is 0 Å². The number of aliphatic imine (C=N–C) groups is 1. The van der Waals surface area contributed by atoms with E-state index >= 15 is 0 Å². The highest BCUT2D eigenvalue weighted by Gasteiger charge is 2.17. The average Bonchev–Trinajstić information content (AvgIpc) is 2.50. The van der Waals surface area contributed by atoms with E-state index in [0.717, 1.165) is 0 Å². The van der Waals surface area contributed by atoms with E-state index in [2.05, 4.69) is 18.3 Å². The highest BCUT2D eigenvalue weighted by molar-refractivity contribution is 14.1. The molecule has 0 radical (unpaired) electrons. The molecule has 7 nitrogen and oxygen atoms in total. The van der Waals surface area contributed by atoms with Gasteiger partial charge in [-0.25, -0.2) is 0 Å². The van der Waals surface area contributed by atoms with Gasteiger partial charge in [-0.15, -0.1) is 0 Å². The van der Waals surface area contributed by atoms with Crippen molar-refractivity contribution in [3.05, 3.63) is 12.1 Å². The Labute approximate surface area is 140 Å². The Morgan fingerprint density at radius 2 is 2.00 bits per heavy atom. The molecule has 1 aromatic rings. The Kier molecular flexibility index (Phi) is 7.08. The minimum atomic E-state index is -2.97. The minimum absolute atomic E-state index is 0.102. The number of nitrogens with two attached hydrogens (primary N) is 1. The van der Waals surface area contributed by atoms with Crippen LogP contribution in [0.3, 0.4) is 0 Å². The van der Waals surface area contributed by atoms with Crippen molar-refractivity contribution in [3.63, 3.8) is 0 Å². The van der Waals surface area contributed by atoms with E-state index in [1.165, 1.54) is 33.4 Å². The second-order valence-corrected chi connectivity index (χ2v) is 4.23. The van der Waals surface area contributed by atoms with Crippen LogP contribution in [-0.4, -0.2) is 39.6 Å². The molecule has 22 heavy (non-hydrogen) atoms. The quantitative estimate of drug-likeness (QED) is 0.427. The maximum atomic E-state index is 12.4. The number of anilines is 1. The lowest BCUT2D eigenvalue weighted by Crippen LogP contribution is -2.30. The summed E-state index contributed by atoms with van der Waals surface area (Å²) in [6, 6.07) is 2.60. The number of nitrogens with zero attached hydrogens (tertiary/aromatic N) is 2. The van der Waals surface area contributed by atoms with Gasteiger partial charge < -0.3 is 25.3 Å². The van der Waals surface area contributed by atoms with Gasteiger partial charge in [0.05, 0.1) is 42.8 Å². The molecule has 0 fully saturated rings. The summed E-state index contributed by atoms with van der Waals surface area (Å²) in [5.74, 6) is 0.761. The van der Waals surface area contributed by atoms with Gasteiger partial charge in [0.1, 0.15) is 5.75 Å². The summed E-state index contributed by atoms with van der Waals surface area (Å²) in [5, 5.41) is 2.84. The summed E-state index contributed by atoms with van der Waals surface area (Å²) in [6.07, 6.45) is 0. The van der Waals surface area contributed by atoms with Crippen molar-refractivity contribution in [1.29, 1.82) is 0 Å². The number of nitrogens with one attached hydrogen (secondary N) is 1. The van der Waals surface area contributed by atoms with E-state index in [1.807, 2.05) is 0 Å². The van der Waals surface area contributed by atoms with E-state index in [9.17, 15) is 8.78 Å². The Morgan fingerprint density at radius 3 is 2.45 bits per heavy atom. The number of halogens is 3. The van der Waals surface area contributed by atoms with Gasteiger partial charge in [0.2, 0.25) is 0 Å². The van der Waals surface area contributed by atoms with Crippen LogP contribution in [0.15, 0.2) is 20.3 Å². The van der Waals surface area contributed by atoms with Gasteiger partial charge in [-0.1, -0.05) is 0 Å². The fourth-order valence-electron chi connectivity index (χ4n) is 1.56. The molecule has 0 spiro atoms. The maximum Gasteiger partial charge on any atom is 0.387 e. The SMILES string of the molecule is CN=C(N)/C(=N\I)Nc1cc(OC(F)F)cc(OC)c1OC. The van der Waals surface area contributed by atoms with Crippen molar-refractivity contribution in [3.8, 4) is 17.2 Å². The normalized spacial score (nSPS) is 12.3. The Hall–Kier alpha value is -1.85. The molecule has 0 saturated heterocycles. The minimum Gasteiger partial charge on any atom is -0.493 e. The average molecular weight is 428 g/mol. The molecular formula is C12H15F2IN4O3. The molecule has 0 amide bonds. The summed E-state index contributed by atoms with van der Waals surface area (Å²) in [5.41, 5.74) is 5.98. The van der Waals surface area contributed by atoms with Crippen LogP contribution in [0, 0.1) is 0 Å². The van der Waals surface area contributed by atoms with E-state index in [0.29, 0.717) is 5.69 Å². The topological polar surface area (TPSA) is 90.5 Å². The predicted octanol–water partition coefficient (Wildman–Crippen LogP) is 2.45. The zero-order chi connectivity index (χ0) is 16.7. The summed E-state index contributed by atoms with van der Waals surface area (Å²) in [6.45, 7) is -2.97. The lowest BCUT2D eigenvalue weighted by atomic mass is 10.2. The zero-order valence-electron chi connectivity index (χ0n) is 12.1. The summed E-state index contributed by atoms with van der Waals surface area (Å²) < 4.78 is 43.4. The van der Waals surface area contributed by atoms with Crippen LogP contribution in [0.4, 0.5) is 14.5 Å². The molecule has 1 aromatic carbocycles. The fraction of sp³-hybridized carbons (Fsp3) is 0.333. The van der Waals surface area contributed by atoms with Gasteiger partial charge in [-0.3, -0.25) is 4.99 Å². The molecular weight excluding hydrogens is 413 g/mol. The molecule has 0 aliphatic heterocycles. The zero-order valence-corrected chi connectivity index (χ0v) is 14.2. The first-order chi connectivity index (χ1) is 10.5. The number of benzene rings is 1. The first kappa shape index (κ1) is 18.2. The summed E-state index contributed by atoms with van der Waals surface area (Å²) in [7, 11) is 4.28. The molecule has 0 aromatic heterocycles. The third-order valence-electron chi connectivity index (χ3n) is 2.50. The van der Waals surface area contributed by atoms with Crippen molar-refractivity contribution in [2.45, 2.75) is 6.61 Å². The van der Waals surface area contributed by atoms with E-state index in [-0.39, 0.29) is 28.9 Å². The fourth-order valence-corrected chi connectivity index (χ4v) is 1.93. The summed E-state index contributed by atoms with van der Waals surface area (Å²) >= 11 is 1.73. The molecule has 3 N–H and O–H groups in total. The van der Waals surface area contributed by atoms with E-state index in [1.54, 1.807) is 22.9 Å². The van der Waals surface area contributed by atoms with Gasteiger partial charge in [-0.2, -0.15) is 12.0 Å². The van der Waals surface area contributed by atoms with Gasteiger partial charge in [0.15, 0.2) is 23.2 Å². The van der Waals surface area contributed by atoms with E-state index in [4.69, 9.17) is 15.2 Å². The molecule has 0 unspecified atom stereocenters. The van der Waals surface area contributed by atoms with Crippen molar-refractivity contribution in [1.82, 2.24) is 0 Å². The maximum absolute atomic E-state index is 12.4. The second-order valence-electron chi connectivity index (χ2n) is 3.75. The largest absolute Gasteiger partial charge is 0.493 e. The highest BCUT2D eigenvalue weighted by Crippen LogP contribution is 2.39. The van der Waals surface area contributed by atoms with Crippen LogP contribution in [0.25, 0.3) is 0 Å². The number of methoxy groups -OCH3 is 2. The Morgan fingerprint density at radius 1 is 1.32 bits per heavy atom. The van der Waals surface area contributed by atoms with Gasteiger partial charge in [0, 0.05) is 19.2 Å². The van der Waals surface area contributed by atoms with Crippen molar-refractivity contribution < 1.29 is 23.0 Å². The molecule has 0 heterocycles. The van der Waals surface area contributed by atoms with Gasteiger partial charge in [0.25, 0.3) is 0 Å². The van der Waals surface area contributed by atoms with Gasteiger partial charge >= 0.3 is 6.61 Å². The molecule has 0 saturated carbocycles. The third-order valence-corrected chi connectivity index (χ3v) is 2.98. The standard InChI is InChI=1S/C12H15F2IN4O3/c1-17-10(16)11(19-15)18-7-4-6(22-12(13)14)5-8(20-2)9(7)21-3/h4-5,12H,1-3H3,(H2,16,17)(H,18,19). The number of ether oxygens (including phenoxy) is 3. The first-order valence-corrected chi connectivity index (χ1v) is 6.82. The van der Waals surface area contributed by atoms with Crippen LogP contribution in [0.5, 0.6) is 17.2 Å². The number of alkyl halides is 2. The highest BCUT2D eigenvalue weighted by atomic mass is 127. The van der Waals surface area contributed by atoms with E-state index < -0.39 is 6.61 Å². The summed E-state index contributed by atoms with van der Waals surface area (Å²) in [4.78, 5) is 3.80. The lowest BCUT2D eigenvalue weighted by molar-refractivity contribution is -0.0499. The molecule has 0 bridgehead atoms. The molecule has 0 atom stereocenters. The molecule has 0 aliphatic carbocycles. The predicted molar refractivity (Wildman–Crippen MR) is 88.8 cm³/mol. The van der Waals surface area contributed by atoms with Crippen LogP contribution in [0.2, 0.25) is 0 Å². The number of amidine groups is 2. The number of hydrogen-bond donors (Lipinski definition) is 2. The van der Waals surface area contributed by atoms with Crippen LogP contribution >= 0.6 is 22.9 Å². The van der Waals surface area contributed by atoms with Crippen molar-refractivity contribution in [2.75, 3.05) is 26.6 Å². The van der Waals surface area contributed by atoms with Gasteiger partial charge in [-0.05, 0) is 0 Å². The van der Waals surface area contributed by atoms with Crippen LogP contribution < -0.4 is 25.3 Å². The monoisotopic (exact) mass is 428 g/mol. The Balaban J connectivity index is 3.30. The van der Waals surface area contributed by atoms with Crippen molar-refractivity contribution >= 4 is 40.2 Å². The molecule has 122 valence electrons. The molecule has 0 aliphatic rings. The third kappa shape index (κ3) is 4.58. The van der Waals surface area contributed by atoms with Crippen molar-refractivity contribution in [2.24, 2.45) is 13.9 Å². The lowest BCUT2D eigenvalue weighted by Gasteiger charge is -2.17. The first-order valence-electron chi connectivity index (χ1n) is 5.86. The number of hydrogen-bond acceptors (Lipinski definition) is 5. The Bertz CT molecular complexity index is 582. The molecule has 1 rings (SSSR count). The second kappa shape index (κ2) is 8.56.